The molecular formula is C12H16N2O4. The van der Waals surface area contributed by atoms with E-state index < -0.39 is 0 Å². The monoisotopic (exact) mass is 252 g/mol. The van der Waals surface area contributed by atoms with Gasteiger partial charge in [-0.15, -0.1) is 0 Å². The van der Waals surface area contributed by atoms with Gasteiger partial charge >= 0.3 is 0 Å². The summed E-state index contributed by atoms with van der Waals surface area (Å²) in [7, 11) is 1.46. The average Bonchev–Trinajstić information content (AvgIpc) is 2.39. The fourth-order valence-corrected chi connectivity index (χ4v) is 1.71. The van der Waals surface area contributed by atoms with E-state index in [9.17, 15) is 9.90 Å². The van der Waals surface area contributed by atoms with E-state index in [0.717, 1.165) is 0 Å². The lowest BCUT2D eigenvalue weighted by Crippen LogP contribution is -2.48. The Labute approximate surface area is 105 Å². The molecule has 0 aromatic heterocycles. The highest BCUT2D eigenvalue weighted by Crippen LogP contribution is 2.26. The quantitative estimate of drug-likeness (QED) is 0.813. The molecule has 0 aliphatic carbocycles. The molecule has 0 bridgehead atoms. The number of carbonyl (C=O) groups is 1. The SMILES string of the molecule is COc1ccc(C(=O)NN2CCOCC2)cc1O. The number of hydrazine groups is 1. The molecule has 0 atom stereocenters. The number of ether oxygens (including phenoxy) is 2. The van der Waals surface area contributed by atoms with Gasteiger partial charge in [0, 0.05) is 18.7 Å². The van der Waals surface area contributed by atoms with Crippen molar-refractivity contribution in [3.05, 3.63) is 23.8 Å². The Morgan fingerprint density at radius 1 is 1.44 bits per heavy atom. The molecule has 18 heavy (non-hydrogen) atoms. The summed E-state index contributed by atoms with van der Waals surface area (Å²) < 4.78 is 10.1. The summed E-state index contributed by atoms with van der Waals surface area (Å²) in [4.78, 5) is 11.9. The number of hydrogen-bond acceptors (Lipinski definition) is 5. The average molecular weight is 252 g/mol. The van der Waals surface area contributed by atoms with Gasteiger partial charge in [0.2, 0.25) is 0 Å². The molecule has 0 unspecified atom stereocenters. The second-order valence-corrected chi connectivity index (χ2v) is 3.93. The first kappa shape index (κ1) is 12.7. The van der Waals surface area contributed by atoms with Crippen molar-refractivity contribution >= 4 is 5.91 Å². The van der Waals surface area contributed by atoms with Crippen molar-refractivity contribution in [2.24, 2.45) is 0 Å². The lowest BCUT2D eigenvalue weighted by molar-refractivity contribution is 0.0126. The van der Waals surface area contributed by atoms with Crippen molar-refractivity contribution in [1.29, 1.82) is 0 Å². The maximum absolute atomic E-state index is 11.9. The number of hydrogen-bond donors (Lipinski definition) is 2. The van der Waals surface area contributed by atoms with Crippen LogP contribution >= 0.6 is 0 Å². The van der Waals surface area contributed by atoms with E-state index in [0.29, 0.717) is 37.6 Å². The van der Waals surface area contributed by atoms with Crippen molar-refractivity contribution in [2.75, 3.05) is 33.4 Å². The standard InChI is InChI=1S/C12H16N2O4/c1-17-11-3-2-9(8-10(11)15)12(16)13-14-4-6-18-7-5-14/h2-3,8,15H,4-7H2,1H3,(H,13,16). The summed E-state index contributed by atoms with van der Waals surface area (Å²) in [5.74, 6) is 0.0416. The van der Waals surface area contributed by atoms with Crippen LogP contribution in [0.1, 0.15) is 10.4 Å². The Balaban J connectivity index is 2.01. The second kappa shape index (κ2) is 5.70. The summed E-state index contributed by atoms with van der Waals surface area (Å²) in [6.07, 6.45) is 0. The van der Waals surface area contributed by atoms with Crippen molar-refractivity contribution < 1.29 is 19.4 Å². The molecule has 2 N–H and O–H groups in total. The Kier molecular flexibility index (Phi) is 4.01. The molecule has 2 rings (SSSR count). The van der Waals surface area contributed by atoms with E-state index in [1.54, 1.807) is 17.1 Å². The highest BCUT2D eigenvalue weighted by atomic mass is 16.5. The van der Waals surface area contributed by atoms with Gasteiger partial charge in [0.05, 0.1) is 20.3 Å². The molecule has 1 amide bonds. The summed E-state index contributed by atoms with van der Waals surface area (Å²) in [6.45, 7) is 2.53. The van der Waals surface area contributed by atoms with Crippen molar-refractivity contribution in [3.63, 3.8) is 0 Å². The number of nitrogens with zero attached hydrogens (tertiary/aromatic N) is 1. The van der Waals surface area contributed by atoms with Gasteiger partial charge < -0.3 is 14.6 Å². The Hall–Kier alpha value is -1.79. The molecule has 1 fully saturated rings. The fourth-order valence-electron chi connectivity index (χ4n) is 1.71. The number of rotatable bonds is 3. The van der Waals surface area contributed by atoms with Crippen LogP contribution in [-0.4, -0.2) is 49.4 Å². The van der Waals surface area contributed by atoms with E-state index in [4.69, 9.17) is 9.47 Å². The number of phenols is 1. The van der Waals surface area contributed by atoms with Crippen LogP contribution in [-0.2, 0) is 4.74 Å². The first-order valence-electron chi connectivity index (χ1n) is 5.71. The lowest BCUT2D eigenvalue weighted by atomic mass is 10.2. The summed E-state index contributed by atoms with van der Waals surface area (Å²) in [5.41, 5.74) is 3.15. The molecule has 0 radical (unpaired) electrons. The van der Waals surface area contributed by atoms with Crippen LogP contribution in [0.3, 0.4) is 0 Å². The molecule has 6 nitrogen and oxygen atoms in total. The number of aromatic hydroxyl groups is 1. The van der Waals surface area contributed by atoms with E-state index in [2.05, 4.69) is 5.43 Å². The largest absolute Gasteiger partial charge is 0.504 e. The third-order valence-corrected chi connectivity index (χ3v) is 2.71. The minimum atomic E-state index is -0.255. The topological polar surface area (TPSA) is 71.0 Å². The zero-order chi connectivity index (χ0) is 13.0. The first-order valence-corrected chi connectivity index (χ1v) is 5.71. The number of nitrogens with one attached hydrogen (secondary N) is 1. The number of benzene rings is 1. The fraction of sp³-hybridized carbons (Fsp3) is 0.417. The van der Waals surface area contributed by atoms with Crippen molar-refractivity contribution in [1.82, 2.24) is 10.4 Å². The summed E-state index contributed by atoms with van der Waals surface area (Å²) in [5, 5.41) is 11.4. The van der Waals surface area contributed by atoms with Crippen LogP contribution < -0.4 is 10.2 Å². The van der Waals surface area contributed by atoms with Gasteiger partial charge in [0.15, 0.2) is 11.5 Å². The molecule has 0 spiro atoms. The van der Waals surface area contributed by atoms with Crippen molar-refractivity contribution in [3.8, 4) is 11.5 Å². The highest BCUT2D eigenvalue weighted by molar-refractivity contribution is 5.94. The van der Waals surface area contributed by atoms with E-state index in [1.807, 2.05) is 0 Å². The van der Waals surface area contributed by atoms with Gasteiger partial charge in [-0.3, -0.25) is 10.2 Å². The van der Waals surface area contributed by atoms with Crippen LogP contribution in [0, 0.1) is 0 Å². The van der Waals surface area contributed by atoms with Crippen molar-refractivity contribution in [2.45, 2.75) is 0 Å². The minimum absolute atomic E-state index is 0.0490. The Morgan fingerprint density at radius 2 is 2.17 bits per heavy atom. The van der Waals surface area contributed by atoms with Gasteiger partial charge in [0.25, 0.3) is 5.91 Å². The minimum Gasteiger partial charge on any atom is -0.504 e. The first-order chi connectivity index (χ1) is 8.70. The molecule has 1 aliphatic heterocycles. The van der Waals surface area contributed by atoms with Crippen LogP contribution in [0.2, 0.25) is 0 Å². The van der Waals surface area contributed by atoms with E-state index >= 15 is 0 Å². The van der Waals surface area contributed by atoms with Gasteiger partial charge in [0.1, 0.15) is 0 Å². The number of amides is 1. The molecular weight excluding hydrogens is 236 g/mol. The Morgan fingerprint density at radius 3 is 2.78 bits per heavy atom. The van der Waals surface area contributed by atoms with E-state index in [1.165, 1.54) is 13.2 Å². The molecule has 1 aromatic rings. The number of morpholine rings is 1. The Bertz CT molecular complexity index is 430. The molecule has 1 aromatic carbocycles. The third-order valence-electron chi connectivity index (χ3n) is 2.71. The van der Waals surface area contributed by atoms with Gasteiger partial charge in [-0.1, -0.05) is 0 Å². The molecule has 1 saturated heterocycles. The number of methoxy groups -OCH3 is 1. The smallest absolute Gasteiger partial charge is 0.265 e. The molecule has 1 aliphatic rings. The molecule has 6 heteroatoms. The predicted molar refractivity (Wildman–Crippen MR) is 64.5 cm³/mol. The van der Waals surface area contributed by atoms with Crippen LogP contribution in [0.4, 0.5) is 0 Å². The van der Waals surface area contributed by atoms with Gasteiger partial charge in [-0.25, -0.2) is 5.01 Å². The maximum Gasteiger partial charge on any atom is 0.265 e. The third kappa shape index (κ3) is 2.91. The van der Waals surface area contributed by atoms with Crippen LogP contribution in [0.25, 0.3) is 0 Å². The summed E-state index contributed by atoms with van der Waals surface area (Å²) >= 11 is 0. The van der Waals surface area contributed by atoms with Crippen LogP contribution in [0.5, 0.6) is 11.5 Å². The highest BCUT2D eigenvalue weighted by Gasteiger charge is 2.15. The molecule has 0 saturated carbocycles. The zero-order valence-electron chi connectivity index (χ0n) is 10.2. The van der Waals surface area contributed by atoms with Gasteiger partial charge in [-0.05, 0) is 18.2 Å². The normalized spacial score (nSPS) is 16.3. The number of carbonyl (C=O) groups excluding carboxylic acids is 1. The molecule has 1 heterocycles. The zero-order valence-corrected chi connectivity index (χ0v) is 10.2. The summed E-state index contributed by atoms with van der Waals surface area (Å²) in [6, 6.07) is 4.55. The maximum atomic E-state index is 11.9. The molecule has 98 valence electrons. The second-order valence-electron chi connectivity index (χ2n) is 3.93. The van der Waals surface area contributed by atoms with Gasteiger partial charge in [-0.2, -0.15) is 0 Å². The van der Waals surface area contributed by atoms with Crippen LogP contribution in [0.15, 0.2) is 18.2 Å². The number of phenolic OH excluding ortho intramolecular Hbond substituents is 1. The van der Waals surface area contributed by atoms with E-state index in [-0.39, 0.29) is 11.7 Å². The lowest BCUT2D eigenvalue weighted by Gasteiger charge is -2.26. The predicted octanol–water partition coefficient (Wildman–Crippen LogP) is 0.378.